The van der Waals surface area contributed by atoms with Crippen LogP contribution in [0.1, 0.15) is 26.2 Å². The van der Waals surface area contributed by atoms with Gasteiger partial charge < -0.3 is 5.73 Å². The fourth-order valence-electron chi connectivity index (χ4n) is 1.40. The lowest BCUT2D eigenvalue weighted by atomic mass is 9.87. The van der Waals surface area contributed by atoms with Crippen molar-refractivity contribution in [3.63, 3.8) is 0 Å². The highest BCUT2D eigenvalue weighted by molar-refractivity contribution is 5.04. The molecule has 0 fully saturated rings. The van der Waals surface area contributed by atoms with Crippen molar-refractivity contribution in [2.75, 3.05) is 6.54 Å². The molecule has 0 aromatic heterocycles. The van der Waals surface area contributed by atoms with E-state index in [9.17, 15) is 0 Å². The quantitative estimate of drug-likeness (QED) is 0.558. The fraction of sp³-hybridized carbons (Fsp3) is 0.750. The molecule has 0 saturated heterocycles. The Kier molecular flexibility index (Phi) is 1.91. The molecule has 0 heterocycles. The Morgan fingerprint density at radius 1 is 1.67 bits per heavy atom. The van der Waals surface area contributed by atoms with Gasteiger partial charge in [0, 0.05) is 0 Å². The zero-order valence-electron chi connectivity index (χ0n) is 6.06. The largest absolute Gasteiger partial charge is 0.330 e. The summed E-state index contributed by atoms with van der Waals surface area (Å²) in [6, 6.07) is 0. The van der Waals surface area contributed by atoms with Gasteiger partial charge in [-0.1, -0.05) is 19.1 Å². The van der Waals surface area contributed by atoms with E-state index < -0.39 is 0 Å². The van der Waals surface area contributed by atoms with E-state index in [4.69, 9.17) is 5.73 Å². The average molecular weight is 125 g/mol. The molecule has 1 nitrogen and oxygen atoms in total. The second-order valence-electron chi connectivity index (χ2n) is 3.13. The SMILES string of the molecule is CC1(CCN)C=CCC1. The Hall–Kier alpha value is -0.300. The third kappa shape index (κ3) is 1.55. The lowest BCUT2D eigenvalue weighted by molar-refractivity contribution is 0.391. The van der Waals surface area contributed by atoms with Gasteiger partial charge in [0.05, 0.1) is 0 Å². The lowest BCUT2D eigenvalue weighted by Crippen LogP contribution is -2.15. The van der Waals surface area contributed by atoms with Crippen molar-refractivity contribution in [2.24, 2.45) is 11.1 Å². The van der Waals surface area contributed by atoms with E-state index in [2.05, 4.69) is 19.1 Å². The average Bonchev–Trinajstić information content (AvgIpc) is 2.16. The normalized spacial score (nSPS) is 33.6. The Balaban J connectivity index is 2.42. The summed E-state index contributed by atoms with van der Waals surface area (Å²) >= 11 is 0. The summed E-state index contributed by atoms with van der Waals surface area (Å²) in [5.41, 5.74) is 5.90. The van der Waals surface area contributed by atoms with Crippen LogP contribution in [0.3, 0.4) is 0 Å². The molecule has 1 rings (SSSR count). The van der Waals surface area contributed by atoms with Gasteiger partial charge in [0.15, 0.2) is 0 Å². The summed E-state index contributed by atoms with van der Waals surface area (Å²) < 4.78 is 0. The first-order valence-electron chi connectivity index (χ1n) is 3.65. The maximum atomic E-state index is 5.46. The Bertz CT molecular complexity index is 118. The first-order valence-corrected chi connectivity index (χ1v) is 3.65. The second-order valence-corrected chi connectivity index (χ2v) is 3.13. The Labute approximate surface area is 56.9 Å². The van der Waals surface area contributed by atoms with Gasteiger partial charge in [-0.2, -0.15) is 0 Å². The van der Waals surface area contributed by atoms with Crippen LogP contribution in [0.25, 0.3) is 0 Å². The smallest absolute Gasteiger partial charge is 0.00691 e. The predicted molar refractivity (Wildman–Crippen MR) is 40.2 cm³/mol. The van der Waals surface area contributed by atoms with E-state index in [0.717, 1.165) is 13.0 Å². The molecule has 0 radical (unpaired) electrons. The standard InChI is InChI=1S/C8H15N/c1-8(6-7-9)4-2-3-5-8/h2,4H,3,5-7,9H2,1H3. The van der Waals surface area contributed by atoms with E-state index in [1.165, 1.54) is 12.8 Å². The van der Waals surface area contributed by atoms with Crippen LogP contribution in [-0.2, 0) is 0 Å². The van der Waals surface area contributed by atoms with Crippen molar-refractivity contribution in [3.8, 4) is 0 Å². The second kappa shape index (κ2) is 2.53. The highest BCUT2D eigenvalue weighted by atomic mass is 14.5. The van der Waals surface area contributed by atoms with Crippen LogP contribution in [0.4, 0.5) is 0 Å². The molecular formula is C8H15N. The Morgan fingerprint density at radius 3 is 2.89 bits per heavy atom. The fourth-order valence-corrected chi connectivity index (χ4v) is 1.40. The topological polar surface area (TPSA) is 26.0 Å². The molecule has 52 valence electrons. The molecule has 0 aromatic carbocycles. The molecular weight excluding hydrogens is 110 g/mol. The van der Waals surface area contributed by atoms with Crippen molar-refractivity contribution in [1.82, 2.24) is 0 Å². The molecule has 0 bridgehead atoms. The van der Waals surface area contributed by atoms with Gasteiger partial charge in [0.2, 0.25) is 0 Å². The molecule has 1 heteroatoms. The van der Waals surface area contributed by atoms with Crippen LogP contribution < -0.4 is 5.73 Å². The summed E-state index contributed by atoms with van der Waals surface area (Å²) in [4.78, 5) is 0. The van der Waals surface area contributed by atoms with E-state index in [1.54, 1.807) is 0 Å². The van der Waals surface area contributed by atoms with Crippen molar-refractivity contribution < 1.29 is 0 Å². The molecule has 0 amide bonds. The van der Waals surface area contributed by atoms with Gasteiger partial charge in [0.25, 0.3) is 0 Å². The molecule has 1 aliphatic carbocycles. The number of nitrogens with two attached hydrogens (primary N) is 1. The molecule has 9 heavy (non-hydrogen) atoms. The van der Waals surface area contributed by atoms with Gasteiger partial charge in [-0.3, -0.25) is 0 Å². The van der Waals surface area contributed by atoms with Gasteiger partial charge in [0.1, 0.15) is 0 Å². The minimum Gasteiger partial charge on any atom is -0.330 e. The van der Waals surface area contributed by atoms with Crippen LogP contribution in [0.5, 0.6) is 0 Å². The van der Waals surface area contributed by atoms with Crippen molar-refractivity contribution >= 4 is 0 Å². The molecule has 2 N–H and O–H groups in total. The van der Waals surface area contributed by atoms with Crippen molar-refractivity contribution in [3.05, 3.63) is 12.2 Å². The zero-order valence-corrected chi connectivity index (χ0v) is 6.06. The van der Waals surface area contributed by atoms with Gasteiger partial charge in [-0.15, -0.1) is 0 Å². The maximum Gasteiger partial charge on any atom is -0.00691 e. The molecule has 1 unspecified atom stereocenters. The molecule has 0 spiro atoms. The summed E-state index contributed by atoms with van der Waals surface area (Å²) in [7, 11) is 0. The van der Waals surface area contributed by atoms with Crippen LogP contribution in [-0.4, -0.2) is 6.54 Å². The van der Waals surface area contributed by atoms with Gasteiger partial charge in [-0.05, 0) is 31.2 Å². The molecule has 0 saturated carbocycles. The molecule has 0 aromatic rings. The highest BCUT2D eigenvalue weighted by Gasteiger charge is 2.21. The summed E-state index contributed by atoms with van der Waals surface area (Å²) in [5.74, 6) is 0. The van der Waals surface area contributed by atoms with E-state index in [1.807, 2.05) is 0 Å². The molecule has 1 atom stereocenters. The van der Waals surface area contributed by atoms with Gasteiger partial charge in [-0.25, -0.2) is 0 Å². The van der Waals surface area contributed by atoms with E-state index in [-0.39, 0.29) is 0 Å². The Morgan fingerprint density at radius 2 is 2.44 bits per heavy atom. The lowest BCUT2D eigenvalue weighted by Gasteiger charge is -2.19. The van der Waals surface area contributed by atoms with Crippen LogP contribution in [0.2, 0.25) is 0 Å². The number of hydrogen-bond donors (Lipinski definition) is 1. The van der Waals surface area contributed by atoms with Crippen molar-refractivity contribution in [2.45, 2.75) is 26.2 Å². The summed E-state index contributed by atoms with van der Waals surface area (Å²) in [6.45, 7) is 3.10. The summed E-state index contributed by atoms with van der Waals surface area (Å²) in [6.07, 6.45) is 8.25. The summed E-state index contributed by atoms with van der Waals surface area (Å²) in [5, 5.41) is 0. The number of allylic oxidation sites excluding steroid dienone is 2. The van der Waals surface area contributed by atoms with Crippen LogP contribution in [0.15, 0.2) is 12.2 Å². The minimum absolute atomic E-state index is 0.439. The zero-order chi connectivity index (χ0) is 6.74. The maximum absolute atomic E-state index is 5.46. The van der Waals surface area contributed by atoms with Crippen LogP contribution >= 0.6 is 0 Å². The minimum atomic E-state index is 0.439. The van der Waals surface area contributed by atoms with E-state index in [0.29, 0.717) is 5.41 Å². The van der Waals surface area contributed by atoms with Gasteiger partial charge >= 0.3 is 0 Å². The molecule has 0 aliphatic heterocycles. The first-order chi connectivity index (χ1) is 4.27. The van der Waals surface area contributed by atoms with Crippen molar-refractivity contribution in [1.29, 1.82) is 0 Å². The predicted octanol–water partition coefficient (Wildman–Crippen LogP) is 1.69. The first kappa shape index (κ1) is 6.81. The monoisotopic (exact) mass is 125 g/mol. The molecule has 1 aliphatic rings. The number of hydrogen-bond acceptors (Lipinski definition) is 1. The van der Waals surface area contributed by atoms with Crippen LogP contribution in [0, 0.1) is 5.41 Å². The third-order valence-electron chi connectivity index (χ3n) is 2.12. The third-order valence-corrected chi connectivity index (χ3v) is 2.12. The number of rotatable bonds is 2. The van der Waals surface area contributed by atoms with E-state index >= 15 is 0 Å². The highest BCUT2D eigenvalue weighted by Crippen LogP contribution is 2.33.